The lowest BCUT2D eigenvalue weighted by Gasteiger charge is -2.23. The summed E-state index contributed by atoms with van der Waals surface area (Å²) in [6, 6.07) is 8.02. The molecule has 1 atom stereocenters. The Labute approximate surface area is 134 Å². The maximum Gasteiger partial charge on any atom is 0.203 e. The smallest absolute Gasteiger partial charge is 0.203 e. The largest absolute Gasteiger partial charge is 0.384 e. The zero-order chi connectivity index (χ0) is 15.2. The minimum absolute atomic E-state index is 0.113. The van der Waals surface area contributed by atoms with Gasteiger partial charge in [0.2, 0.25) is 5.13 Å². The summed E-state index contributed by atoms with van der Waals surface area (Å²) in [5.74, 6) is 1.20. The van der Waals surface area contributed by atoms with Gasteiger partial charge in [0.05, 0.1) is 12.6 Å². The van der Waals surface area contributed by atoms with E-state index in [9.17, 15) is 0 Å². The number of aromatic nitrogens is 2. The van der Waals surface area contributed by atoms with E-state index < -0.39 is 0 Å². The molecule has 0 spiro atoms. The van der Waals surface area contributed by atoms with Crippen molar-refractivity contribution in [2.24, 2.45) is 5.92 Å². The van der Waals surface area contributed by atoms with Crippen LogP contribution in [0.1, 0.15) is 31.3 Å². The van der Waals surface area contributed by atoms with E-state index in [4.69, 9.17) is 16.3 Å². The number of nitrogens with zero attached hydrogens (tertiary/aromatic N) is 2. The molecule has 0 aliphatic rings. The van der Waals surface area contributed by atoms with Gasteiger partial charge in [-0.25, -0.2) is 4.98 Å². The second kappa shape index (κ2) is 7.73. The number of benzene rings is 1. The molecule has 1 aromatic heterocycles. The maximum atomic E-state index is 6.31. The third-order valence-corrected chi connectivity index (χ3v) is 4.21. The molecule has 1 N–H and O–H groups in total. The lowest BCUT2D eigenvalue weighted by atomic mass is 9.96. The number of methoxy groups -OCH3 is 1. The van der Waals surface area contributed by atoms with E-state index >= 15 is 0 Å². The summed E-state index contributed by atoms with van der Waals surface area (Å²) in [5, 5.41) is 5.04. The number of anilines is 1. The zero-order valence-corrected chi connectivity index (χ0v) is 14.0. The Balaban J connectivity index is 2.13. The van der Waals surface area contributed by atoms with Crippen molar-refractivity contribution in [3.63, 3.8) is 0 Å². The van der Waals surface area contributed by atoms with Crippen molar-refractivity contribution < 1.29 is 4.74 Å². The van der Waals surface area contributed by atoms with Gasteiger partial charge in [0, 0.05) is 30.1 Å². The van der Waals surface area contributed by atoms with Crippen LogP contribution in [0.5, 0.6) is 0 Å². The average molecular weight is 326 g/mol. The molecule has 114 valence electrons. The predicted octanol–water partition coefficient (Wildman–Crippen LogP) is 4.19. The zero-order valence-electron chi connectivity index (χ0n) is 12.5. The van der Waals surface area contributed by atoms with Gasteiger partial charge in [0.25, 0.3) is 0 Å². The van der Waals surface area contributed by atoms with Crippen LogP contribution in [0.4, 0.5) is 5.13 Å². The molecular weight excluding hydrogens is 306 g/mol. The van der Waals surface area contributed by atoms with Gasteiger partial charge in [-0.15, -0.1) is 0 Å². The molecule has 0 saturated carbocycles. The highest BCUT2D eigenvalue weighted by Crippen LogP contribution is 2.31. The number of halogens is 1. The van der Waals surface area contributed by atoms with E-state index in [1.54, 1.807) is 7.11 Å². The molecule has 2 aromatic rings. The summed E-state index contributed by atoms with van der Waals surface area (Å²) >= 11 is 7.69. The van der Waals surface area contributed by atoms with E-state index in [1.807, 2.05) is 24.3 Å². The average Bonchev–Trinajstić information content (AvgIpc) is 2.91. The van der Waals surface area contributed by atoms with E-state index in [2.05, 4.69) is 28.5 Å². The van der Waals surface area contributed by atoms with Crippen LogP contribution in [0.2, 0.25) is 5.02 Å². The second-order valence-electron chi connectivity index (χ2n) is 5.15. The van der Waals surface area contributed by atoms with Crippen molar-refractivity contribution in [3.05, 3.63) is 40.7 Å². The van der Waals surface area contributed by atoms with Gasteiger partial charge < -0.3 is 10.1 Å². The van der Waals surface area contributed by atoms with Crippen molar-refractivity contribution >= 4 is 28.3 Å². The van der Waals surface area contributed by atoms with Gasteiger partial charge >= 0.3 is 0 Å². The first kappa shape index (κ1) is 16.2. The Hall–Kier alpha value is -1.17. The standard InChI is InChI=1S/C15H20ClN3OS/c1-10(2)14(11-6-4-5-7-12(11)16)18-15-17-13(19-21-15)8-9-20-3/h4-7,10,14H,8-9H2,1-3H3,(H,17,18,19). The monoisotopic (exact) mass is 325 g/mol. The lowest BCUT2D eigenvalue weighted by Crippen LogP contribution is -2.17. The van der Waals surface area contributed by atoms with Crippen LogP contribution >= 0.6 is 23.1 Å². The van der Waals surface area contributed by atoms with E-state index in [0.29, 0.717) is 12.5 Å². The van der Waals surface area contributed by atoms with Crippen molar-refractivity contribution in [1.29, 1.82) is 0 Å². The van der Waals surface area contributed by atoms with Gasteiger partial charge in [0.15, 0.2) is 0 Å². The van der Waals surface area contributed by atoms with E-state index in [0.717, 1.165) is 28.0 Å². The molecule has 0 saturated heterocycles. The predicted molar refractivity (Wildman–Crippen MR) is 88.1 cm³/mol. The first-order valence-electron chi connectivity index (χ1n) is 6.94. The Morgan fingerprint density at radius 1 is 1.33 bits per heavy atom. The molecule has 0 aliphatic carbocycles. The molecule has 2 rings (SSSR count). The van der Waals surface area contributed by atoms with E-state index in [1.165, 1.54) is 11.5 Å². The van der Waals surface area contributed by atoms with Gasteiger partial charge in [-0.2, -0.15) is 4.37 Å². The van der Waals surface area contributed by atoms with Crippen LogP contribution in [-0.2, 0) is 11.2 Å². The highest BCUT2D eigenvalue weighted by Gasteiger charge is 2.19. The van der Waals surface area contributed by atoms with Gasteiger partial charge in [-0.05, 0) is 17.5 Å². The quantitative estimate of drug-likeness (QED) is 0.829. The Morgan fingerprint density at radius 3 is 2.76 bits per heavy atom. The van der Waals surface area contributed by atoms with Crippen LogP contribution < -0.4 is 5.32 Å². The van der Waals surface area contributed by atoms with Crippen molar-refractivity contribution in [2.75, 3.05) is 19.0 Å². The summed E-state index contributed by atoms with van der Waals surface area (Å²) in [6.45, 7) is 4.95. The van der Waals surface area contributed by atoms with Gasteiger partial charge in [0.1, 0.15) is 5.82 Å². The van der Waals surface area contributed by atoms with Crippen molar-refractivity contribution in [3.8, 4) is 0 Å². The highest BCUT2D eigenvalue weighted by atomic mass is 35.5. The number of nitrogens with one attached hydrogen (secondary N) is 1. The molecule has 1 heterocycles. The molecule has 4 nitrogen and oxygen atoms in total. The van der Waals surface area contributed by atoms with Gasteiger partial charge in [-0.1, -0.05) is 43.6 Å². The van der Waals surface area contributed by atoms with Crippen LogP contribution in [0.15, 0.2) is 24.3 Å². The molecule has 0 amide bonds. The fourth-order valence-electron chi connectivity index (χ4n) is 2.07. The topological polar surface area (TPSA) is 47.0 Å². The normalized spacial score (nSPS) is 12.6. The SMILES string of the molecule is COCCc1nsc(NC(c2ccccc2Cl)C(C)C)n1. The summed E-state index contributed by atoms with van der Waals surface area (Å²) in [5.41, 5.74) is 1.09. The minimum Gasteiger partial charge on any atom is -0.384 e. The van der Waals surface area contributed by atoms with Crippen LogP contribution in [-0.4, -0.2) is 23.1 Å². The fourth-order valence-corrected chi connectivity index (χ4v) is 2.97. The van der Waals surface area contributed by atoms with E-state index in [-0.39, 0.29) is 6.04 Å². The molecule has 0 aliphatic heterocycles. The maximum absolute atomic E-state index is 6.31. The molecule has 0 fully saturated rings. The van der Waals surface area contributed by atoms with Crippen molar-refractivity contribution in [1.82, 2.24) is 9.36 Å². The number of hydrogen-bond acceptors (Lipinski definition) is 5. The van der Waals surface area contributed by atoms with Crippen molar-refractivity contribution in [2.45, 2.75) is 26.3 Å². The fraction of sp³-hybridized carbons (Fsp3) is 0.467. The second-order valence-corrected chi connectivity index (χ2v) is 6.31. The first-order chi connectivity index (χ1) is 10.1. The number of ether oxygens (including phenoxy) is 1. The minimum atomic E-state index is 0.113. The number of hydrogen-bond donors (Lipinski definition) is 1. The third-order valence-electron chi connectivity index (χ3n) is 3.18. The molecule has 0 radical (unpaired) electrons. The summed E-state index contributed by atoms with van der Waals surface area (Å²) < 4.78 is 9.38. The molecule has 0 bridgehead atoms. The lowest BCUT2D eigenvalue weighted by molar-refractivity contribution is 0.201. The Morgan fingerprint density at radius 2 is 2.10 bits per heavy atom. The molecule has 6 heteroatoms. The number of rotatable bonds is 7. The van der Waals surface area contributed by atoms with Crippen LogP contribution in [0.3, 0.4) is 0 Å². The molecular formula is C15H20ClN3OS. The summed E-state index contributed by atoms with van der Waals surface area (Å²) in [7, 11) is 1.68. The third kappa shape index (κ3) is 4.40. The molecule has 1 unspecified atom stereocenters. The van der Waals surface area contributed by atoms with Crippen LogP contribution in [0, 0.1) is 5.92 Å². The van der Waals surface area contributed by atoms with Gasteiger partial charge in [-0.3, -0.25) is 0 Å². The summed E-state index contributed by atoms with van der Waals surface area (Å²) in [6.07, 6.45) is 0.729. The molecule has 1 aromatic carbocycles. The Kier molecular flexibility index (Phi) is 5.96. The highest BCUT2D eigenvalue weighted by molar-refractivity contribution is 7.09. The van der Waals surface area contributed by atoms with Crippen LogP contribution in [0.25, 0.3) is 0 Å². The first-order valence-corrected chi connectivity index (χ1v) is 8.09. The summed E-state index contributed by atoms with van der Waals surface area (Å²) in [4.78, 5) is 4.50. The Bertz CT molecular complexity index is 574. The molecule has 21 heavy (non-hydrogen) atoms.